The molecule has 0 unspecified atom stereocenters. The third-order valence-corrected chi connectivity index (χ3v) is 4.16. The largest absolute Gasteiger partial charge is 0.454 e. The number of benzene rings is 1. The van der Waals surface area contributed by atoms with Crippen molar-refractivity contribution in [2.45, 2.75) is 25.4 Å². The number of hydrogen-bond acceptors (Lipinski definition) is 4. The van der Waals surface area contributed by atoms with E-state index in [0.717, 1.165) is 10.1 Å². The van der Waals surface area contributed by atoms with E-state index in [0.29, 0.717) is 11.9 Å². The smallest absolute Gasteiger partial charge is 0.422 e. The molecule has 2 aromatic heterocycles. The highest BCUT2D eigenvalue weighted by molar-refractivity contribution is 6.35. The van der Waals surface area contributed by atoms with E-state index in [-0.39, 0.29) is 16.6 Å². The van der Waals surface area contributed by atoms with Crippen molar-refractivity contribution in [1.82, 2.24) is 19.4 Å². The van der Waals surface area contributed by atoms with E-state index in [4.69, 9.17) is 11.6 Å². The average Bonchev–Trinajstić information content (AvgIpc) is 2.84. The number of halogens is 7. The fourth-order valence-electron chi connectivity index (χ4n) is 2.98. The lowest BCUT2D eigenvalue weighted by molar-refractivity contribution is -0.154. The lowest BCUT2D eigenvalue weighted by Crippen LogP contribution is -2.20. The van der Waals surface area contributed by atoms with Gasteiger partial charge in [0.15, 0.2) is 11.8 Å². The molecule has 0 N–H and O–H groups in total. The molecule has 1 aromatic carbocycles. The van der Waals surface area contributed by atoms with Crippen LogP contribution in [0.4, 0.5) is 26.3 Å². The highest BCUT2D eigenvalue weighted by atomic mass is 35.5. The molecule has 0 aliphatic carbocycles. The van der Waals surface area contributed by atoms with Crippen molar-refractivity contribution in [3.63, 3.8) is 0 Å². The van der Waals surface area contributed by atoms with E-state index in [2.05, 4.69) is 14.7 Å². The minimum atomic E-state index is -4.63. The first kappa shape index (κ1) is 21.4. The second-order valence-electron chi connectivity index (χ2n) is 6.69. The van der Waals surface area contributed by atoms with Gasteiger partial charge in [0.1, 0.15) is 17.6 Å². The zero-order valence-electron chi connectivity index (χ0n) is 15.2. The van der Waals surface area contributed by atoms with Crippen LogP contribution in [0.15, 0.2) is 18.2 Å². The lowest BCUT2D eigenvalue weighted by atomic mass is 10.1. The van der Waals surface area contributed by atoms with Crippen LogP contribution in [0.5, 0.6) is 6.01 Å². The molecule has 29 heavy (non-hydrogen) atoms. The second kappa shape index (κ2) is 7.52. The Morgan fingerprint density at radius 2 is 1.76 bits per heavy atom. The Labute approximate surface area is 165 Å². The van der Waals surface area contributed by atoms with Gasteiger partial charge in [0.25, 0.3) is 0 Å². The van der Waals surface area contributed by atoms with Gasteiger partial charge in [-0.2, -0.15) is 36.3 Å². The van der Waals surface area contributed by atoms with Gasteiger partial charge in [-0.1, -0.05) is 17.7 Å². The Morgan fingerprint density at radius 3 is 2.34 bits per heavy atom. The summed E-state index contributed by atoms with van der Waals surface area (Å²) < 4.78 is 82.1. The van der Waals surface area contributed by atoms with Crippen LogP contribution in [-0.4, -0.2) is 52.5 Å². The van der Waals surface area contributed by atoms with E-state index in [1.54, 1.807) is 12.1 Å². The summed E-state index contributed by atoms with van der Waals surface area (Å²) in [5, 5.41) is -0.119. The van der Waals surface area contributed by atoms with Gasteiger partial charge in [-0.3, -0.25) is 0 Å². The quantitative estimate of drug-likeness (QED) is 0.422. The van der Waals surface area contributed by atoms with Crippen LogP contribution in [0.1, 0.15) is 5.56 Å². The minimum absolute atomic E-state index is 0.0120. The van der Waals surface area contributed by atoms with E-state index < -0.39 is 36.7 Å². The molecule has 5 nitrogen and oxygen atoms in total. The molecule has 0 aliphatic rings. The van der Waals surface area contributed by atoms with Gasteiger partial charge < -0.3 is 14.2 Å². The molecule has 0 amide bonds. The van der Waals surface area contributed by atoms with E-state index in [9.17, 15) is 26.3 Å². The Kier molecular flexibility index (Phi) is 5.56. The highest BCUT2D eigenvalue weighted by Gasteiger charge is 2.32. The van der Waals surface area contributed by atoms with Crippen molar-refractivity contribution in [3.05, 3.63) is 28.9 Å². The van der Waals surface area contributed by atoms with Gasteiger partial charge in [-0.25, -0.2) is 0 Å². The van der Waals surface area contributed by atoms with Crippen molar-refractivity contribution >= 4 is 33.5 Å². The van der Waals surface area contributed by atoms with Crippen LogP contribution in [0.3, 0.4) is 0 Å². The predicted octanol–water partition coefficient (Wildman–Crippen LogP) is 4.80. The second-order valence-corrected chi connectivity index (χ2v) is 7.05. The molecule has 0 saturated heterocycles. The van der Waals surface area contributed by atoms with Crippen LogP contribution in [0, 0.1) is 0 Å². The third kappa shape index (κ3) is 5.02. The number of nitrogens with zero attached hydrogens (tertiary/aromatic N) is 4. The van der Waals surface area contributed by atoms with E-state index in [1.807, 2.05) is 19.0 Å². The maximum absolute atomic E-state index is 13.1. The first-order chi connectivity index (χ1) is 13.3. The van der Waals surface area contributed by atoms with Crippen LogP contribution >= 0.6 is 11.6 Å². The van der Waals surface area contributed by atoms with Gasteiger partial charge in [0, 0.05) is 11.9 Å². The minimum Gasteiger partial charge on any atom is -0.454 e. The summed E-state index contributed by atoms with van der Waals surface area (Å²) in [7, 11) is 3.64. The Bertz CT molecular complexity index is 1040. The Balaban J connectivity index is 2.22. The van der Waals surface area contributed by atoms with Crippen molar-refractivity contribution < 1.29 is 31.1 Å². The van der Waals surface area contributed by atoms with E-state index >= 15 is 0 Å². The normalized spacial score (nSPS) is 13.0. The zero-order valence-corrected chi connectivity index (χ0v) is 16.0. The number of fused-ring (bicyclic) bond motifs is 3. The van der Waals surface area contributed by atoms with Crippen LogP contribution in [0.25, 0.3) is 21.9 Å². The van der Waals surface area contributed by atoms with E-state index in [1.165, 1.54) is 6.07 Å². The van der Waals surface area contributed by atoms with Crippen molar-refractivity contribution in [1.29, 1.82) is 0 Å². The van der Waals surface area contributed by atoms with Crippen molar-refractivity contribution in [2.75, 3.05) is 20.7 Å². The standard InChI is InChI=1S/C17H15ClF6N4O/c1-27(2)6-9-3-4-11-10(5-9)12-13(28(11)7-16(19,20)21)14(18)26-15(25-12)29-8-17(22,23)24/h3-5H,6-8H2,1-2H3. The fraction of sp³-hybridized carbons (Fsp3) is 0.412. The molecule has 0 aliphatic heterocycles. The first-order valence-electron chi connectivity index (χ1n) is 8.23. The summed E-state index contributed by atoms with van der Waals surface area (Å²) >= 11 is 6.03. The molecule has 2 heterocycles. The topological polar surface area (TPSA) is 43.2 Å². The van der Waals surface area contributed by atoms with Gasteiger partial charge >= 0.3 is 18.4 Å². The SMILES string of the molecule is CN(C)Cc1ccc2c(c1)c1nc(OCC(F)(F)F)nc(Cl)c1n2CC(F)(F)F. The number of aromatic nitrogens is 3. The average molecular weight is 441 g/mol. The maximum Gasteiger partial charge on any atom is 0.422 e. The first-order valence-corrected chi connectivity index (χ1v) is 8.61. The molecule has 0 radical (unpaired) electrons. The summed E-state index contributed by atoms with van der Waals surface area (Å²) in [5.41, 5.74) is 0.826. The number of alkyl halides is 6. The lowest BCUT2D eigenvalue weighted by Gasteiger charge is -2.12. The van der Waals surface area contributed by atoms with Crippen LogP contribution in [0.2, 0.25) is 5.15 Å². The molecule has 158 valence electrons. The van der Waals surface area contributed by atoms with Gasteiger partial charge in [0.2, 0.25) is 0 Å². The summed E-state index contributed by atoms with van der Waals surface area (Å²) in [5.74, 6) is 0. The number of hydrogen-bond donors (Lipinski definition) is 0. The monoisotopic (exact) mass is 440 g/mol. The van der Waals surface area contributed by atoms with Crippen LogP contribution in [-0.2, 0) is 13.1 Å². The molecule has 0 spiro atoms. The zero-order chi connectivity index (χ0) is 21.6. The highest BCUT2D eigenvalue weighted by Crippen LogP contribution is 2.35. The molecular weight excluding hydrogens is 426 g/mol. The summed E-state index contributed by atoms with van der Waals surface area (Å²) in [6, 6.07) is 4.12. The molecule has 12 heteroatoms. The number of ether oxygens (including phenoxy) is 1. The summed E-state index contributed by atoms with van der Waals surface area (Å²) in [6.07, 6.45) is -9.19. The fourth-order valence-corrected chi connectivity index (χ4v) is 3.25. The Hall–Kier alpha value is -2.27. The van der Waals surface area contributed by atoms with Crippen molar-refractivity contribution in [2.24, 2.45) is 0 Å². The Morgan fingerprint density at radius 1 is 1.07 bits per heavy atom. The molecule has 0 atom stereocenters. The van der Waals surface area contributed by atoms with Gasteiger partial charge in [-0.05, 0) is 31.8 Å². The molecule has 3 rings (SSSR count). The summed E-state index contributed by atoms with van der Waals surface area (Å²) in [4.78, 5) is 9.37. The number of rotatable bonds is 5. The van der Waals surface area contributed by atoms with Crippen LogP contribution < -0.4 is 4.74 Å². The molecule has 0 saturated carbocycles. The molecule has 3 aromatic rings. The molecule has 0 bridgehead atoms. The van der Waals surface area contributed by atoms with Gasteiger partial charge in [0.05, 0.1) is 5.52 Å². The third-order valence-electron chi connectivity index (χ3n) is 3.90. The summed E-state index contributed by atoms with van der Waals surface area (Å²) in [6.45, 7) is -2.51. The molecular formula is C17H15ClF6N4O. The van der Waals surface area contributed by atoms with Gasteiger partial charge in [-0.15, -0.1) is 0 Å². The maximum atomic E-state index is 13.1. The molecule has 0 fully saturated rings. The van der Waals surface area contributed by atoms with Crippen molar-refractivity contribution in [3.8, 4) is 6.01 Å². The predicted molar refractivity (Wildman–Crippen MR) is 95.0 cm³/mol.